The topological polar surface area (TPSA) is 87.0 Å². The third kappa shape index (κ3) is 3.76. The Hall–Kier alpha value is -1.47. The zero-order chi connectivity index (χ0) is 19.6. The highest BCUT2D eigenvalue weighted by Crippen LogP contribution is 2.43. The number of benzene rings is 1. The first kappa shape index (κ1) is 20.3. The lowest BCUT2D eigenvalue weighted by Crippen LogP contribution is -2.61. The quantitative estimate of drug-likeness (QED) is 0.490. The van der Waals surface area contributed by atoms with Crippen LogP contribution in [0.25, 0.3) is 0 Å². The molecule has 1 aromatic carbocycles. The number of aliphatic hydroxyl groups excluding tert-OH is 3. The van der Waals surface area contributed by atoms with Crippen LogP contribution in [-0.2, 0) is 9.53 Å². The minimum atomic E-state index is -0.789. The Bertz CT molecular complexity index is 619. The summed E-state index contributed by atoms with van der Waals surface area (Å²) in [7, 11) is 2.10. The second-order valence-electron chi connectivity index (χ2n) is 8.22. The van der Waals surface area contributed by atoms with Crippen LogP contribution in [0.2, 0.25) is 0 Å². The molecule has 6 nitrogen and oxygen atoms in total. The summed E-state index contributed by atoms with van der Waals surface area (Å²) in [4.78, 5) is 12.7. The first-order valence-electron chi connectivity index (χ1n) is 9.99. The summed E-state index contributed by atoms with van der Waals surface area (Å²) in [6, 6.07) is 8.86. The number of ether oxygens (including phenoxy) is 1. The fourth-order valence-electron chi connectivity index (χ4n) is 4.97. The predicted octanol–water partition coefficient (Wildman–Crippen LogP) is 1.19. The lowest BCUT2D eigenvalue weighted by atomic mass is 9.95. The normalized spacial score (nSPS) is 36.4. The number of fused-ring (bicyclic) bond motifs is 2. The maximum Gasteiger partial charge on any atom is 0.316 e. The molecule has 2 fully saturated rings. The number of rotatable bonds is 7. The van der Waals surface area contributed by atoms with Crippen LogP contribution in [-0.4, -0.2) is 76.4 Å². The Morgan fingerprint density at radius 2 is 1.78 bits per heavy atom. The number of piperidine rings is 1. The number of esters is 1. The average molecular weight is 378 g/mol. The lowest BCUT2D eigenvalue weighted by Gasteiger charge is -2.47. The third-order valence-electron chi connectivity index (χ3n) is 6.61. The number of nitrogens with zero attached hydrogens (tertiary/aromatic N) is 1. The summed E-state index contributed by atoms with van der Waals surface area (Å²) in [5.41, 5.74) is 0.729. The number of carbonyl (C=O) groups excluding carboxylic acids is 1. The van der Waals surface area contributed by atoms with E-state index in [-0.39, 0.29) is 24.8 Å². The average Bonchev–Trinajstić information content (AvgIpc) is 2.76. The molecule has 0 spiro atoms. The van der Waals surface area contributed by atoms with Gasteiger partial charge >= 0.3 is 5.97 Å². The van der Waals surface area contributed by atoms with Gasteiger partial charge in [-0.1, -0.05) is 43.7 Å². The highest BCUT2D eigenvalue weighted by atomic mass is 16.5. The maximum absolute atomic E-state index is 12.7. The molecule has 0 aromatic heterocycles. The monoisotopic (exact) mass is 378 g/mol. The van der Waals surface area contributed by atoms with Crippen LogP contribution in [0.5, 0.6) is 0 Å². The molecule has 0 radical (unpaired) electrons. The van der Waals surface area contributed by atoms with Gasteiger partial charge in [0, 0.05) is 12.8 Å². The molecule has 2 aliphatic rings. The molecule has 2 aliphatic heterocycles. The van der Waals surface area contributed by atoms with Crippen molar-refractivity contribution in [2.45, 2.75) is 68.9 Å². The molecule has 0 amide bonds. The number of quaternary nitrogens is 1. The second kappa shape index (κ2) is 8.27. The van der Waals surface area contributed by atoms with E-state index in [4.69, 9.17) is 4.74 Å². The van der Waals surface area contributed by atoms with Gasteiger partial charge in [0.25, 0.3) is 0 Å². The van der Waals surface area contributed by atoms with E-state index >= 15 is 0 Å². The van der Waals surface area contributed by atoms with Crippen molar-refractivity contribution >= 4 is 5.97 Å². The Morgan fingerprint density at radius 3 is 2.30 bits per heavy atom. The Balaban J connectivity index is 1.71. The van der Waals surface area contributed by atoms with E-state index in [0.717, 1.165) is 24.9 Å². The van der Waals surface area contributed by atoms with Crippen molar-refractivity contribution in [2.75, 3.05) is 20.2 Å². The molecular weight excluding hydrogens is 346 g/mol. The molecule has 2 unspecified atom stereocenters. The summed E-state index contributed by atoms with van der Waals surface area (Å²) >= 11 is 0. The fourth-order valence-corrected chi connectivity index (χ4v) is 4.97. The zero-order valence-corrected chi connectivity index (χ0v) is 16.2. The van der Waals surface area contributed by atoms with Crippen LogP contribution < -0.4 is 0 Å². The molecule has 0 saturated carbocycles. The van der Waals surface area contributed by atoms with Crippen molar-refractivity contribution in [1.29, 1.82) is 0 Å². The van der Waals surface area contributed by atoms with Crippen molar-refractivity contribution in [2.24, 2.45) is 0 Å². The number of hydrogen-bond acceptors (Lipinski definition) is 5. The molecule has 0 aliphatic carbocycles. The molecule has 2 bridgehead atoms. The van der Waals surface area contributed by atoms with Gasteiger partial charge in [-0.05, 0) is 12.0 Å². The van der Waals surface area contributed by atoms with Crippen LogP contribution in [0.15, 0.2) is 30.3 Å². The van der Waals surface area contributed by atoms with E-state index < -0.39 is 24.1 Å². The van der Waals surface area contributed by atoms with E-state index in [2.05, 4.69) is 14.0 Å². The lowest BCUT2D eigenvalue weighted by molar-refractivity contribution is -0.952. The molecule has 6 heteroatoms. The highest BCUT2D eigenvalue weighted by Gasteiger charge is 2.62. The smallest absolute Gasteiger partial charge is 0.316 e. The third-order valence-corrected chi connectivity index (χ3v) is 6.61. The van der Waals surface area contributed by atoms with Gasteiger partial charge in [0.05, 0.1) is 20.2 Å². The Morgan fingerprint density at radius 1 is 1.19 bits per heavy atom. The maximum atomic E-state index is 12.7. The van der Waals surface area contributed by atoms with E-state index in [1.807, 2.05) is 18.2 Å². The molecule has 3 rings (SSSR count). The van der Waals surface area contributed by atoms with Gasteiger partial charge in [0.15, 0.2) is 0 Å². The summed E-state index contributed by atoms with van der Waals surface area (Å²) in [5.74, 6) is -1.15. The van der Waals surface area contributed by atoms with Crippen LogP contribution in [0.3, 0.4) is 0 Å². The van der Waals surface area contributed by atoms with Crippen molar-refractivity contribution in [3.05, 3.63) is 35.9 Å². The summed E-state index contributed by atoms with van der Waals surface area (Å²) < 4.78 is 6.39. The van der Waals surface area contributed by atoms with Gasteiger partial charge in [-0.3, -0.25) is 4.79 Å². The van der Waals surface area contributed by atoms with Crippen molar-refractivity contribution < 1.29 is 29.3 Å². The van der Waals surface area contributed by atoms with Gasteiger partial charge < -0.3 is 24.5 Å². The predicted molar refractivity (Wildman–Crippen MR) is 101 cm³/mol. The number of hydrogen-bond donors (Lipinski definition) is 3. The minimum Gasteiger partial charge on any atom is -0.461 e. The van der Waals surface area contributed by atoms with Crippen LogP contribution in [0.4, 0.5) is 0 Å². The minimum absolute atomic E-state index is 0.132. The van der Waals surface area contributed by atoms with Gasteiger partial charge in [-0.15, -0.1) is 0 Å². The van der Waals surface area contributed by atoms with Crippen LogP contribution in [0.1, 0.15) is 44.1 Å². The van der Waals surface area contributed by atoms with Gasteiger partial charge in [0.2, 0.25) is 0 Å². The SMILES string of the molecule is CCCC[N+]1(C)[C@@H]2CC(OC(=O)[C@H](CO)c3ccccc3)C[C@H]1[C@H](O)[C@H]2O. The molecule has 150 valence electrons. The molecular formula is C21H32NO5+. The van der Waals surface area contributed by atoms with E-state index in [1.54, 1.807) is 12.1 Å². The number of unbranched alkanes of at least 4 members (excludes halogenated alkanes) is 1. The first-order valence-corrected chi connectivity index (χ1v) is 9.99. The summed E-state index contributed by atoms with van der Waals surface area (Å²) in [6.07, 6.45) is 1.25. The van der Waals surface area contributed by atoms with Crippen molar-refractivity contribution in [3.8, 4) is 0 Å². The van der Waals surface area contributed by atoms with E-state index in [9.17, 15) is 20.1 Å². The van der Waals surface area contributed by atoms with E-state index in [0.29, 0.717) is 17.3 Å². The van der Waals surface area contributed by atoms with Gasteiger partial charge in [-0.2, -0.15) is 0 Å². The van der Waals surface area contributed by atoms with Crippen molar-refractivity contribution in [3.63, 3.8) is 0 Å². The van der Waals surface area contributed by atoms with Gasteiger partial charge in [-0.25, -0.2) is 0 Å². The molecule has 2 saturated heterocycles. The highest BCUT2D eigenvalue weighted by molar-refractivity contribution is 5.78. The second-order valence-corrected chi connectivity index (χ2v) is 8.22. The largest absolute Gasteiger partial charge is 0.461 e. The molecule has 2 heterocycles. The number of aliphatic hydroxyl groups is 3. The van der Waals surface area contributed by atoms with Gasteiger partial charge in [0.1, 0.15) is 36.3 Å². The number of likely N-dealkylation sites (N-methyl/N-ethyl adjacent to an activating group) is 1. The zero-order valence-electron chi connectivity index (χ0n) is 16.2. The van der Waals surface area contributed by atoms with Crippen LogP contribution >= 0.6 is 0 Å². The van der Waals surface area contributed by atoms with Crippen LogP contribution in [0, 0.1) is 0 Å². The Kier molecular flexibility index (Phi) is 6.21. The fraction of sp³-hybridized carbons (Fsp3) is 0.667. The molecule has 7 atom stereocenters. The molecule has 27 heavy (non-hydrogen) atoms. The summed E-state index contributed by atoms with van der Waals surface area (Å²) in [6.45, 7) is 2.73. The number of carbonyl (C=O) groups is 1. The first-order chi connectivity index (χ1) is 12.9. The Labute approximate surface area is 161 Å². The molecule has 1 aromatic rings. The summed E-state index contributed by atoms with van der Waals surface area (Å²) in [5, 5.41) is 30.8. The van der Waals surface area contributed by atoms with Crippen molar-refractivity contribution in [1.82, 2.24) is 0 Å². The molecule has 3 N–H and O–H groups in total. The van der Waals surface area contributed by atoms with E-state index in [1.165, 1.54) is 0 Å². The standard InChI is InChI=1S/C21H32NO5/c1-3-4-10-22(2)17-11-15(12-18(22)20(25)19(17)24)27-21(26)16(13-23)14-8-6-5-7-9-14/h5-9,15-20,23-25H,3-4,10-13H2,1-2H3/q+1/t15?,16-,17-,18+,19+,20+,22?/m1/s1.